The lowest BCUT2D eigenvalue weighted by molar-refractivity contribution is -0.144. The van der Waals surface area contributed by atoms with Crippen molar-refractivity contribution in [2.75, 3.05) is 20.1 Å². The molecule has 2 aromatic rings. The van der Waals surface area contributed by atoms with E-state index in [1.807, 2.05) is 38.5 Å². The highest BCUT2D eigenvalue weighted by molar-refractivity contribution is 7.89. The summed E-state index contributed by atoms with van der Waals surface area (Å²) in [5.41, 5.74) is 28.5. The van der Waals surface area contributed by atoms with E-state index in [9.17, 15) is 37.2 Å². The number of sulfonamides is 1. The molecule has 23 heteroatoms. The average Bonchev–Trinajstić information content (AvgIpc) is 3.13. The number of aryl methyl sites for hydroxylation is 1. The van der Waals surface area contributed by atoms with E-state index in [4.69, 9.17) is 59.3 Å². The Morgan fingerprint density at radius 2 is 1.34 bits per heavy atom. The van der Waals surface area contributed by atoms with Crippen LogP contribution in [0.15, 0.2) is 52.4 Å². The Labute approximate surface area is 342 Å². The Balaban J connectivity index is -0.000000682. The minimum Gasteiger partial charge on any atom is -0.481 e. The zero-order valence-corrected chi connectivity index (χ0v) is 34.7. The summed E-state index contributed by atoms with van der Waals surface area (Å²) >= 11 is 0. The molecule has 0 saturated carbocycles. The topological polar surface area (TPSA) is 424 Å². The molecule has 0 radical (unpaired) electrons. The predicted molar refractivity (Wildman–Crippen MR) is 218 cm³/mol. The van der Waals surface area contributed by atoms with Crippen molar-refractivity contribution < 1.29 is 67.8 Å². The van der Waals surface area contributed by atoms with Gasteiger partial charge in [-0.15, -0.1) is 0 Å². The number of benzene rings is 2. The minimum absolute atomic E-state index is 0.0383. The van der Waals surface area contributed by atoms with Crippen molar-refractivity contribution in [3.8, 4) is 0 Å². The first-order chi connectivity index (χ1) is 27.1. The van der Waals surface area contributed by atoms with Crippen molar-refractivity contribution in [2.45, 2.75) is 95.3 Å². The number of carboxylic acid groups (broad SMARTS) is 6. The van der Waals surface area contributed by atoms with Crippen LogP contribution in [0.1, 0.15) is 80.4 Å². The van der Waals surface area contributed by atoms with Crippen LogP contribution in [0.2, 0.25) is 0 Å². The van der Waals surface area contributed by atoms with Gasteiger partial charge in [-0.05, 0) is 68.0 Å². The summed E-state index contributed by atoms with van der Waals surface area (Å²) in [7, 11) is -2.09. The van der Waals surface area contributed by atoms with Crippen LogP contribution in [0.25, 0.3) is 0 Å². The highest BCUT2D eigenvalue weighted by atomic mass is 32.2. The summed E-state index contributed by atoms with van der Waals surface area (Å²) < 4.78 is 24.9. The van der Waals surface area contributed by atoms with E-state index in [0.29, 0.717) is 37.9 Å². The molecule has 1 unspecified atom stereocenters. The predicted octanol–water partition coefficient (Wildman–Crippen LogP) is -0.107. The fraction of sp³-hybridized carbons (Fsp3) is 0.472. The van der Waals surface area contributed by atoms with E-state index in [-0.39, 0.29) is 16.3 Å². The molecule has 0 bridgehead atoms. The number of hydrogen-bond acceptors (Lipinski definition) is 13. The van der Waals surface area contributed by atoms with E-state index in [0.717, 1.165) is 16.7 Å². The monoisotopic (exact) mass is 860 g/mol. The molecular weight excluding hydrogens is 801 g/mol. The number of carbonyl (C=O) groups is 6. The summed E-state index contributed by atoms with van der Waals surface area (Å²) in [6.07, 6.45) is 1.13. The van der Waals surface area contributed by atoms with Crippen molar-refractivity contribution in [1.82, 2.24) is 10.0 Å². The number of nitrogens with one attached hydrogen (secondary N) is 2. The van der Waals surface area contributed by atoms with Gasteiger partial charge in [0, 0.05) is 13.1 Å². The van der Waals surface area contributed by atoms with Crippen LogP contribution < -0.4 is 38.7 Å². The van der Waals surface area contributed by atoms with E-state index in [1.165, 1.54) is 12.1 Å². The van der Waals surface area contributed by atoms with Gasteiger partial charge in [0.15, 0.2) is 5.96 Å². The number of carboxylic acids is 6. The molecule has 2 aromatic carbocycles. The van der Waals surface area contributed by atoms with Crippen LogP contribution in [0, 0.1) is 6.92 Å². The van der Waals surface area contributed by atoms with Gasteiger partial charge in [-0.1, -0.05) is 57.5 Å². The van der Waals surface area contributed by atoms with Gasteiger partial charge in [0.1, 0.15) is 24.7 Å². The highest BCUT2D eigenvalue weighted by Gasteiger charge is 2.24. The molecule has 22 nitrogen and oxygen atoms in total. The first kappa shape index (κ1) is 57.6. The number of rotatable bonds is 17. The maximum Gasteiger partial charge on any atom is 0.335 e. The second kappa shape index (κ2) is 29.5. The number of aromatic carboxylic acids is 1. The van der Waals surface area contributed by atoms with Gasteiger partial charge in [0.25, 0.3) is 0 Å². The number of aliphatic carboxylic acids is 5. The summed E-state index contributed by atoms with van der Waals surface area (Å²) in [4.78, 5) is 65.0. The van der Waals surface area contributed by atoms with Gasteiger partial charge in [-0.3, -0.25) is 29.0 Å². The molecule has 0 fully saturated rings. The van der Waals surface area contributed by atoms with E-state index in [2.05, 4.69) is 10.3 Å². The molecule has 59 heavy (non-hydrogen) atoms. The maximum absolute atomic E-state index is 11.5. The normalized spacial score (nSPS) is 11.9. The summed E-state index contributed by atoms with van der Waals surface area (Å²) in [6.45, 7) is 9.77. The van der Waals surface area contributed by atoms with Crippen molar-refractivity contribution >= 4 is 51.8 Å². The molecule has 0 saturated heterocycles. The largest absolute Gasteiger partial charge is 0.481 e. The molecule has 0 aliphatic heterocycles. The number of guanidine groups is 1. The van der Waals surface area contributed by atoms with Gasteiger partial charge in [-0.2, -0.15) is 4.72 Å². The standard InChI is InChI=1S/C12H17NO2.C9H11NO4S.C7H16N4O2.C4H7NO4.C4H9NO2/c1-12(2,3)10-8(7-13)5-4-6-9(10)11(14)15;1-7-2-4-8(5-3-7)15(13,14)10-6-9(11)12;1-10-5(6(12)13)3-2-4-11-7(8)9;5-2(4(8)9)1-3(6)7;1-2-3(5)4(6)7/h4-6H,7,13H2,1-3H3,(H,14,15);2-5,10H,6H2,1H3,(H,11,12);5,10H,2-4H2,1H3,(H,12,13)(H4,8,9,11);2H,1,5H2,(H,6,7)(H,8,9);3H,2,5H2,1H3,(H,6,7)/t;;5-;2-;/m..00./s1. The quantitative estimate of drug-likeness (QED) is 0.0560. The third-order valence-corrected chi connectivity index (χ3v) is 8.57. The number of nitrogens with zero attached hydrogens (tertiary/aromatic N) is 1. The molecule has 0 spiro atoms. The zero-order chi connectivity index (χ0) is 46.7. The van der Waals surface area contributed by atoms with Crippen LogP contribution in [-0.2, 0) is 46.0 Å². The number of likely N-dealkylation sites (N-methyl/N-ethyl adjacent to an activating group) is 1. The Bertz CT molecular complexity index is 1780. The Morgan fingerprint density at radius 3 is 1.66 bits per heavy atom. The molecular formula is C36H60N8O14S. The minimum atomic E-state index is -3.70. The Hall–Kier alpha value is -5.72. The van der Waals surface area contributed by atoms with Crippen LogP contribution >= 0.6 is 0 Å². The van der Waals surface area contributed by atoms with E-state index < -0.39 is 76.9 Å². The van der Waals surface area contributed by atoms with Crippen LogP contribution in [0.5, 0.6) is 0 Å². The van der Waals surface area contributed by atoms with Crippen LogP contribution in [0.4, 0.5) is 0 Å². The van der Waals surface area contributed by atoms with Gasteiger partial charge in [0.2, 0.25) is 10.0 Å². The SMILES string of the molecule is CC(C)(C)c1c(CN)cccc1C(=O)O.CCC(N)C(=O)O.CN[C@@H](CCCN=C(N)N)C(=O)O.Cc1ccc(S(=O)(=O)NCC(=O)O)cc1.N[C@@H](CC(=O)O)C(=O)O. The lowest BCUT2D eigenvalue weighted by Crippen LogP contribution is -2.33. The molecule has 18 N–H and O–H groups in total. The number of hydrogen-bond donors (Lipinski definition) is 13. The lowest BCUT2D eigenvalue weighted by atomic mass is 9.80. The zero-order valence-electron chi connectivity index (χ0n) is 33.9. The highest BCUT2D eigenvalue weighted by Crippen LogP contribution is 2.29. The molecule has 2 rings (SSSR count). The third-order valence-electron chi connectivity index (χ3n) is 7.16. The molecule has 3 atom stereocenters. The number of aliphatic imine (C=N–C) groups is 1. The van der Waals surface area contributed by atoms with Gasteiger partial charge >= 0.3 is 35.8 Å². The summed E-state index contributed by atoms with van der Waals surface area (Å²) in [6, 6.07) is 8.91. The molecule has 0 aromatic heterocycles. The Morgan fingerprint density at radius 1 is 0.814 bits per heavy atom. The van der Waals surface area contributed by atoms with Gasteiger partial charge in [-0.25, -0.2) is 13.2 Å². The molecule has 334 valence electrons. The second-order valence-corrected chi connectivity index (χ2v) is 14.9. The van der Waals surface area contributed by atoms with Gasteiger partial charge < -0.3 is 64.6 Å². The summed E-state index contributed by atoms with van der Waals surface area (Å²) in [5, 5.41) is 52.9. The van der Waals surface area contributed by atoms with Gasteiger partial charge in [0.05, 0.1) is 16.9 Å². The van der Waals surface area contributed by atoms with Crippen molar-refractivity contribution in [1.29, 1.82) is 0 Å². The first-order valence-corrected chi connectivity index (χ1v) is 19.0. The van der Waals surface area contributed by atoms with Crippen LogP contribution in [-0.4, -0.2) is 119 Å². The second-order valence-electron chi connectivity index (χ2n) is 13.2. The van der Waals surface area contributed by atoms with Crippen molar-refractivity contribution in [3.63, 3.8) is 0 Å². The van der Waals surface area contributed by atoms with Crippen molar-refractivity contribution in [2.24, 2.45) is 33.7 Å². The van der Waals surface area contributed by atoms with Crippen molar-refractivity contribution in [3.05, 3.63) is 64.7 Å². The smallest absolute Gasteiger partial charge is 0.335 e. The molecule has 0 aliphatic rings. The maximum atomic E-state index is 11.5. The van der Waals surface area contributed by atoms with Crippen LogP contribution in [0.3, 0.4) is 0 Å². The summed E-state index contributed by atoms with van der Waals surface area (Å²) in [5.74, 6) is -6.35. The van der Waals surface area contributed by atoms with E-state index >= 15 is 0 Å². The number of nitrogens with two attached hydrogens (primary N) is 5. The molecule has 0 amide bonds. The molecule has 0 heterocycles. The fourth-order valence-electron chi connectivity index (χ4n) is 4.14. The Kier molecular flexibility index (Phi) is 28.8. The van der Waals surface area contributed by atoms with E-state index in [1.54, 1.807) is 38.2 Å². The molecule has 0 aliphatic carbocycles. The fourth-order valence-corrected chi connectivity index (χ4v) is 5.11. The average molecular weight is 861 g/mol. The third kappa shape index (κ3) is 27.5. The lowest BCUT2D eigenvalue weighted by Gasteiger charge is -2.24. The first-order valence-electron chi connectivity index (χ1n) is 17.6.